The summed E-state index contributed by atoms with van der Waals surface area (Å²) in [4.78, 5) is 13.9. The van der Waals surface area contributed by atoms with Gasteiger partial charge in [-0.3, -0.25) is 4.79 Å². The number of carbonyl (C=O) groups excluding carboxylic acids is 1. The second kappa shape index (κ2) is 4.34. The number of rotatable bonds is 3. The average Bonchev–Trinajstić information content (AvgIpc) is 2.66. The van der Waals surface area contributed by atoms with Crippen LogP contribution < -0.4 is 5.73 Å². The molecular weight excluding hydrogens is 208 g/mol. The van der Waals surface area contributed by atoms with E-state index in [2.05, 4.69) is 0 Å². The first-order chi connectivity index (χ1) is 7.11. The third-order valence-corrected chi connectivity index (χ3v) is 4.84. The molecule has 1 saturated carbocycles. The van der Waals surface area contributed by atoms with Gasteiger partial charge in [-0.15, -0.1) is 0 Å². The minimum absolute atomic E-state index is 0.170. The van der Waals surface area contributed by atoms with Crippen LogP contribution in [0.5, 0.6) is 0 Å². The van der Waals surface area contributed by atoms with Crippen LogP contribution in [0.1, 0.15) is 32.1 Å². The van der Waals surface area contributed by atoms with Crippen molar-refractivity contribution < 1.29 is 4.79 Å². The lowest BCUT2D eigenvalue weighted by Gasteiger charge is -2.39. The van der Waals surface area contributed by atoms with Crippen LogP contribution in [-0.2, 0) is 4.79 Å². The van der Waals surface area contributed by atoms with Gasteiger partial charge in [-0.1, -0.05) is 0 Å². The van der Waals surface area contributed by atoms with Crippen LogP contribution >= 0.6 is 11.8 Å². The molecule has 1 saturated heterocycles. The number of amides is 1. The Hall–Kier alpha value is -0.220. The molecular formula is C11H20N2OS. The van der Waals surface area contributed by atoms with Crippen molar-refractivity contribution in [3.8, 4) is 0 Å². The van der Waals surface area contributed by atoms with Crippen LogP contribution in [0.4, 0.5) is 0 Å². The predicted molar refractivity (Wildman–Crippen MR) is 63.9 cm³/mol. The van der Waals surface area contributed by atoms with Gasteiger partial charge in [0, 0.05) is 30.8 Å². The molecule has 3 nitrogen and oxygen atoms in total. The van der Waals surface area contributed by atoms with Gasteiger partial charge in [-0.2, -0.15) is 11.8 Å². The summed E-state index contributed by atoms with van der Waals surface area (Å²) in [5, 5.41) is 0. The predicted octanol–water partition coefficient (Wildman–Crippen LogP) is 1.22. The van der Waals surface area contributed by atoms with Gasteiger partial charge in [0.05, 0.1) is 0 Å². The number of hydrogen-bond donors (Lipinski definition) is 1. The highest BCUT2D eigenvalue weighted by molar-refractivity contribution is 7.99. The lowest BCUT2D eigenvalue weighted by Crippen LogP contribution is -2.51. The highest BCUT2D eigenvalue weighted by atomic mass is 32.2. The summed E-state index contributed by atoms with van der Waals surface area (Å²) in [5.74, 6) is 2.53. The van der Waals surface area contributed by atoms with Crippen molar-refractivity contribution in [2.24, 2.45) is 5.73 Å². The van der Waals surface area contributed by atoms with Gasteiger partial charge in [0.25, 0.3) is 0 Å². The van der Waals surface area contributed by atoms with E-state index in [1.54, 1.807) is 0 Å². The van der Waals surface area contributed by atoms with Crippen LogP contribution in [0.25, 0.3) is 0 Å². The lowest BCUT2D eigenvalue weighted by atomic mass is 9.75. The van der Waals surface area contributed by atoms with E-state index in [0.29, 0.717) is 12.5 Å². The third kappa shape index (κ3) is 2.48. The van der Waals surface area contributed by atoms with Gasteiger partial charge < -0.3 is 10.6 Å². The highest BCUT2D eigenvalue weighted by Gasteiger charge is 2.36. The second-order valence-corrected chi connectivity index (χ2v) is 6.06. The first-order valence-corrected chi connectivity index (χ1v) is 6.88. The van der Waals surface area contributed by atoms with E-state index in [1.165, 1.54) is 12.2 Å². The Morgan fingerprint density at radius 1 is 1.60 bits per heavy atom. The zero-order chi connectivity index (χ0) is 10.9. The Bertz CT molecular complexity index is 247. The summed E-state index contributed by atoms with van der Waals surface area (Å²) in [5.41, 5.74) is 5.92. The zero-order valence-corrected chi connectivity index (χ0v) is 10.2. The van der Waals surface area contributed by atoms with Gasteiger partial charge in [-0.05, 0) is 31.4 Å². The van der Waals surface area contributed by atoms with Crippen molar-refractivity contribution in [1.29, 1.82) is 0 Å². The lowest BCUT2D eigenvalue weighted by molar-refractivity contribution is -0.133. The molecule has 0 aromatic heterocycles. The van der Waals surface area contributed by atoms with E-state index in [0.717, 1.165) is 25.0 Å². The monoisotopic (exact) mass is 228 g/mol. The molecule has 2 rings (SSSR count). The maximum atomic E-state index is 12.0. The van der Waals surface area contributed by atoms with Gasteiger partial charge in [0.2, 0.25) is 5.91 Å². The molecule has 1 heterocycles. The SMILES string of the molecule is CN(C(=O)CC1(N)CCC1)C1CCSC1. The van der Waals surface area contributed by atoms with Crippen molar-refractivity contribution in [2.45, 2.75) is 43.7 Å². The molecule has 0 bridgehead atoms. The number of carbonyl (C=O) groups is 1. The Kier molecular flexibility index (Phi) is 3.26. The van der Waals surface area contributed by atoms with Gasteiger partial charge in [-0.25, -0.2) is 0 Å². The van der Waals surface area contributed by atoms with Gasteiger partial charge in [0.15, 0.2) is 0 Å². The molecule has 2 fully saturated rings. The number of thioether (sulfide) groups is 1. The maximum absolute atomic E-state index is 12.0. The standard InChI is InChI=1S/C11H20N2OS/c1-13(9-3-6-15-8-9)10(14)7-11(12)4-2-5-11/h9H,2-8,12H2,1H3. The Morgan fingerprint density at radius 2 is 2.33 bits per heavy atom. The van der Waals surface area contributed by atoms with Crippen LogP contribution in [0.15, 0.2) is 0 Å². The molecule has 2 aliphatic rings. The fraction of sp³-hybridized carbons (Fsp3) is 0.909. The van der Waals surface area contributed by atoms with Crippen LogP contribution in [0.2, 0.25) is 0 Å². The Labute approximate surface area is 95.8 Å². The van der Waals surface area contributed by atoms with E-state index >= 15 is 0 Å². The first kappa shape index (κ1) is 11.3. The maximum Gasteiger partial charge on any atom is 0.224 e. The quantitative estimate of drug-likeness (QED) is 0.790. The molecule has 0 aromatic carbocycles. The van der Waals surface area contributed by atoms with E-state index in [9.17, 15) is 4.79 Å². The number of hydrogen-bond acceptors (Lipinski definition) is 3. The topological polar surface area (TPSA) is 46.3 Å². The summed E-state index contributed by atoms with van der Waals surface area (Å²) in [6.45, 7) is 0. The minimum Gasteiger partial charge on any atom is -0.342 e. The molecule has 0 aromatic rings. The Morgan fingerprint density at radius 3 is 2.80 bits per heavy atom. The van der Waals surface area contributed by atoms with Crippen LogP contribution in [-0.4, -0.2) is 40.9 Å². The summed E-state index contributed by atoms with van der Waals surface area (Å²) in [6.07, 6.45) is 4.92. The summed E-state index contributed by atoms with van der Waals surface area (Å²) >= 11 is 1.94. The van der Waals surface area contributed by atoms with E-state index in [1.807, 2.05) is 23.7 Å². The molecule has 2 N–H and O–H groups in total. The fourth-order valence-corrected chi connectivity index (χ4v) is 3.53. The molecule has 1 unspecified atom stereocenters. The van der Waals surface area contributed by atoms with E-state index in [4.69, 9.17) is 5.73 Å². The van der Waals surface area contributed by atoms with Crippen molar-refractivity contribution in [1.82, 2.24) is 4.90 Å². The molecule has 1 aliphatic carbocycles. The van der Waals surface area contributed by atoms with E-state index < -0.39 is 0 Å². The van der Waals surface area contributed by atoms with Crippen molar-refractivity contribution in [3.05, 3.63) is 0 Å². The normalized spacial score (nSPS) is 28.5. The number of nitrogens with two attached hydrogens (primary N) is 1. The number of nitrogens with zero attached hydrogens (tertiary/aromatic N) is 1. The largest absolute Gasteiger partial charge is 0.342 e. The smallest absolute Gasteiger partial charge is 0.224 e. The molecule has 1 aliphatic heterocycles. The molecule has 15 heavy (non-hydrogen) atoms. The molecule has 4 heteroatoms. The van der Waals surface area contributed by atoms with E-state index in [-0.39, 0.29) is 11.4 Å². The zero-order valence-electron chi connectivity index (χ0n) is 9.37. The van der Waals surface area contributed by atoms with Crippen molar-refractivity contribution in [3.63, 3.8) is 0 Å². The fourth-order valence-electron chi connectivity index (χ4n) is 2.26. The molecule has 0 radical (unpaired) electrons. The molecule has 1 atom stereocenters. The average molecular weight is 228 g/mol. The third-order valence-electron chi connectivity index (χ3n) is 3.70. The molecule has 1 amide bonds. The van der Waals surface area contributed by atoms with Gasteiger partial charge in [0.1, 0.15) is 0 Å². The first-order valence-electron chi connectivity index (χ1n) is 5.73. The second-order valence-electron chi connectivity index (χ2n) is 4.91. The molecule has 0 spiro atoms. The van der Waals surface area contributed by atoms with Crippen molar-refractivity contribution in [2.75, 3.05) is 18.6 Å². The molecule has 86 valence electrons. The van der Waals surface area contributed by atoms with Crippen LogP contribution in [0, 0.1) is 0 Å². The summed E-state index contributed by atoms with van der Waals surface area (Å²) in [7, 11) is 1.93. The van der Waals surface area contributed by atoms with Crippen molar-refractivity contribution >= 4 is 17.7 Å². The minimum atomic E-state index is -0.170. The summed E-state index contributed by atoms with van der Waals surface area (Å²) in [6, 6.07) is 0.450. The van der Waals surface area contributed by atoms with Gasteiger partial charge >= 0.3 is 0 Å². The Balaban J connectivity index is 1.84. The highest BCUT2D eigenvalue weighted by Crippen LogP contribution is 2.33. The van der Waals surface area contributed by atoms with Crippen LogP contribution in [0.3, 0.4) is 0 Å². The summed E-state index contributed by atoms with van der Waals surface area (Å²) < 4.78 is 0.